The standard InChI is InChI=1S/C35H27F18N3O3S/c1-2-13-56(55-54-23-9-7-20(16-22(23)36)8-10-24-26-27(25(18-57)60-24)59-15-14-58-26)17-21-5-3-19(4-6-21)11-12-28(37,38)29(39,40)30(41,42)31(43,44)32(45,46)33(47,48)34(49,50)35(51,52)53/h3-10,16,18H,2,11-15,17H2,1H3/b10-8+,55-54?. The highest BCUT2D eigenvalue weighted by atomic mass is 32.1. The lowest BCUT2D eigenvalue weighted by molar-refractivity contribution is -0.461. The Labute approximate surface area is 330 Å². The van der Waals surface area contributed by atoms with Crippen LogP contribution in [0, 0.1) is 5.82 Å². The molecule has 0 aliphatic carbocycles. The van der Waals surface area contributed by atoms with Gasteiger partial charge in [-0.1, -0.05) is 48.6 Å². The van der Waals surface area contributed by atoms with Gasteiger partial charge in [0.2, 0.25) is 0 Å². The molecule has 0 fully saturated rings. The van der Waals surface area contributed by atoms with E-state index in [-0.39, 0.29) is 37.6 Å². The fraction of sp³-hybridized carbons (Fsp3) is 0.457. The first-order valence-electron chi connectivity index (χ1n) is 16.8. The Bertz CT molecular complexity index is 2050. The van der Waals surface area contributed by atoms with Crippen molar-refractivity contribution in [2.75, 3.05) is 19.8 Å². The molecule has 0 amide bonds. The molecular weight excluding hydrogens is 884 g/mol. The van der Waals surface area contributed by atoms with Crippen molar-refractivity contribution in [3.8, 4) is 11.5 Å². The largest absolute Gasteiger partial charge is 0.485 e. The predicted octanol–water partition coefficient (Wildman–Crippen LogP) is 12.5. The van der Waals surface area contributed by atoms with Crippen molar-refractivity contribution in [3.63, 3.8) is 0 Å². The number of nitrogens with zero attached hydrogens (tertiary/aromatic N) is 3. The zero-order chi connectivity index (χ0) is 45.3. The number of fused-ring (bicyclic) bond motifs is 1. The first-order chi connectivity index (χ1) is 27.5. The van der Waals surface area contributed by atoms with E-state index in [1.165, 1.54) is 17.1 Å². The summed E-state index contributed by atoms with van der Waals surface area (Å²) >= 11 is 1.10. The highest BCUT2D eigenvalue weighted by Crippen LogP contribution is 2.64. The Hall–Kier alpha value is -4.71. The van der Waals surface area contributed by atoms with E-state index in [0.29, 0.717) is 39.5 Å². The summed E-state index contributed by atoms with van der Waals surface area (Å²) in [6, 6.07) is 8.08. The van der Waals surface area contributed by atoms with Gasteiger partial charge in [-0.05, 0) is 47.7 Å². The number of carbonyl (C=O) groups excluding carboxylic acids is 1. The molecule has 0 N–H and O–H groups in total. The average molecular weight is 912 g/mol. The number of ether oxygens (including phenoxy) is 2. The minimum Gasteiger partial charge on any atom is -0.485 e. The molecule has 0 saturated carbocycles. The zero-order valence-corrected chi connectivity index (χ0v) is 30.8. The van der Waals surface area contributed by atoms with Crippen LogP contribution in [0.15, 0.2) is 52.8 Å². The summed E-state index contributed by atoms with van der Waals surface area (Å²) in [7, 11) is 0. The van der Waals surface area contributed by atoms with Gasteiger partial charge in [-0.25, -0.2) is 4.39 Å². The SMILES string of the molecule is CCCN(Cc1ccc(CCC(F)(F)C(F)(F)C(F)(F)C(F)(F)C(F)(F)C(F)(F)C(F)(F)C(F)(F)F)cc1)N=Nc1ccc(/C=C/c2sc(C=O)c3c2OCCO3)cc1F. The third-order valence-corrected chi connectivity index (χ3v) is 9.66. The van der Waals surface area contributed by atoms with Crippen LogP contribution in [0.5, 0.6) is 11.5 Å². The van der Waals surface area contributed by atoms with Crippen molar-refractivity contribution in [3.05, 3.63) is 74.7 Å². The van der Waals surface area contributed by atoms with Crippen LogP contribution < -0.4 is 9.47 Å². The Balaban J connectivity index is 1.43. The van der Waals surface area contributed by atoms with E-state index < -0.39 is 71.9 Å². The molecule has 0 atom stereocenters. The normalized spacial score (nSPS) is 15.0. The number of alkyl halides is 17. The second-order valence-corrected chi connectivity index (χ2v) is 14.0. The molecule has 1 aliphatic rings. The molecule has 60 heavy (non-hydrogen) atoms. The summed E-state index contributed by atoms with van der Waals surface area (Å²) in [6.07, 6.45) is -7.62. The van der Waals surface area contributed by atoms with E-state index in [9.17, 15) is 83.8 Å². The molecule has 0 spiro atoms. The van der Waals surface area contributed by atoms with Crippen molar-refractivity contribution in [2.24, 2.45) is 10.3 Å². The van der Waals surface area contributed by atoms with Gasteiger partial charge >= 0.3 is 47.6 Å². The van der Waals surface area contributed by atoms with E-state index in [1.807, 2.05) is 0 Å². The van der Waals surface area contributed by atoms with Gasteiger partial charge in [0.25, 0.3) is 0 Å². The minimum atomic E-state index is -8.68. The van der Waals surface area contributed by atoms with Gasteiger partial charge < -0.3 is 9.47 Å². The van der Waals surface area contributed by atoms with Crippen molar-refractivity contribution in [1.29, 1.82) is 0 Å². The number of thiophene rings is 1. The topological polar surface area (TPSA) is 63.5 Å². The van der Waals surface area contributed by atoms with Crippen molar-refractivity contribution < 1.29 is 93.3 Å². The zero-order valence-electron chi connectivity index (χ0n) is 30.0. The summed E-state index contributed by atoms with van der Waals surface area (Å²) in [5.41, 5.74) is 0.0526. The van der Waals surface area contributed by atoms with Crippen LogP contribution in [-0.2, 0) is 13.0 Å². The van der Waals surface area contributed by atoms with Gasteiger partial charge in [-0.15, -0.1) is 16.5 Å². The second-order valence-electron chi connectivity index (χ2n) is 12.9. The molecule has 2 aromatic carbocycles. The molecule has 0 bridgehead atoms. The van der Waals surface area contributed by atoms with Crippen LogP contribution in [-0.4, -0.2) is 78.7 Å². The Kier molecular flexibility index (Phi) is 13.6. The Morgan fingerprint density at radius 3 is 1.72 bits per heavy atom. The quantitative estimate of drug-likeness (QED) is 0.0552. The number of rotatable bonds is 18. The highest BCUT2D eigenvalue weighted by Gasteiger charge is 2.95. The van der Waals surface area contributed by atoms with Crippen molar-refractivity contribution in [2.45, 2.75) is 80.4 Å². The van der Waals surface area contributed by atoms with E-state index >= 15 is 0 Å². The van der Waals surface area contributed by atoms with Gasteiger partial charge in [0.05, 0.1) is 11.4 Å². The maximum atomic E-state index is 14.9. The van der Waals surface area contributed by atoms with Crippen LogP contribution in [0.1, 0.15) is 51.0 Å². The summed E-state index contributed by atoms with van der Waals surface area (Å²) in [5, 5.41) is 9.14. The van der Waals surface area contributed by atoms with Gasteiger partial charge in [-0.2, -0.15) is 74.6 Å². The number of halogens is 18. The summed E-state index contributed by atoms with van der Waals surface area (Å²) in [5.74, 6) is -56.8. The molecule has 3 aromatic rings. The summed E-state index contributed by atoms with van der Waals surface area (Å²) in [6.45, 7) is 2.30. The number of carbonyl (C=O) groups is 1. The van der Waals surface area contributed by atoms with Crippen LogP contribution in [0.2, 0.25) is 0 Å². The van der Waals surface area contributed by atoms with Crippen LogP contribution in [0.3, 0.4) is 0 Å². The molecular formula is C35H27F18N3O3S. The maximum Gasteiger partial charge on any atom is 0.460 e. The first-order valence-corrected chi connectivity index (χ1v) is 17.6. The second kappa shape index (κ2) is 17.0. The van der Waals surface area contributed by atoms with E-state index in [0.717, 1.165) is 41.7 Å². The first kappa shape index (κ1) is 48.0. The number of hydrogen-bond donors (Lipinski definition) is 0. The molecule has 2 heterocycles. The number of aldehydes is 1. The lowest BCUT2D eigenvalue weighted by atomic mass is 9.87. The molecule has 1 aliphatic heterocycles. The number of benzene rings is 2. The lowest BCUT2D eigenvalue weighted by Crippen LogP contribution is -2.74. The minimum absolute atomic E-state index is 0.123. The van der Waals surface area contributed by atoms with Gasteiger partial charge in [-0.3, -0.25) is 9.80 Å². The molecule has 0 radical (unpaired) electrons. The van der Waals surface area contributed by atoms with E-state index in [1.54, 1.807) is 19.1 Å². The third-order valence-electron chi connectivity index (χ3n) is 8.62. The van der Waals surface area contributed by atoms with Gasteiger partial charge in [0.15, 0.2) is 23.6 Å². The van der Waals surface area contributed by atoms with Crippen LogP contribution in [0.25, 0.3) is 12.2 Å². The number of aryl methyl sites for hydroxylation is 1. The fourth-order valence-corrected chi connectivity index (χ4v) is 6.17. The van der Waals surface area contributed by atoms with Gasteiger partial charge in [0.1, 0.15) is 23.8 Å². The molecule has 4 rings (SSSR count). The van der Waals surface area contributed by atoms with Gasteiger partial charge in [0, 0.05) is 13.0 Å². The number of hydrogen-bond acceptors (Lipinski definition) is 6. The highest BCUT2D eigenvalue weighted by molar-refractivity contribution is 7.15. The predicted molar refractivity (Wildman–Crippen MR) is 177 cm³/mol. The average Bonchev–Trinajstić information content (AvgIpc) is 3.53. The Morgan fingerprint density at radius 2 is 1.20 bits per heavy atom. The van der Waals surface area contributed by atoms with Crippen LogP contribution >= 0.6 is 11.3 Å². The summed E-state index contributed by atoms with van der Waals surface area (Å²) < 4.78 is 257. The van der Waals surface area contributed by atoms with E-state index in [2.05, 4.69) is 10.3 Å². The maximum absolute atomic E-state index is 14.9. The molecule has 25 heteroatoms. The van der Waals surface area contributed by atoms with E-state index in [4.69, 9.17) is 9.47 Å². The lowest BCUT2D eigenvalue weighted by Gasteiger charge is -2.42. The molecule has 6 nitrogen and oxygen atoms in total. The molecule has 332 valence electrons. The smallest absolute Gasteiger partial charge is 0.460 e. The third kappa shape index (κ3) is 8.72. The molecule has 1 aromatic heterocycles. The molecule has 0 unspecified atom stereocenters. The van der Waals surface area contributed by atoms with Crippen LogP contribution in [0.4, 0.5) is 84.7 Å². The fourth-order valence-electron chi connectivity index (χ4n) is 5.26. The summed E-state index contributed by atoms with van der Waals surface area (Å²) in [4.78, 5) is 12.2. The Morgan fingerprint density at radius 1 is 0.683 bits per heavy atom. The molecule has 0 saturated heterocycles. The van der Waals surface area contributed by atoms with Crippen molar-refractivity contribution in [1.82, 2.24) is 5.01 Å². The monoisotopic (exact) mass is 911 g/mol. The van der Waals surface area contributed by atoms with Crippen molar-refractivity contribution >= 4 is 35.5 Å².